The maximum Gasteiger partial charge on any atom is 0.225 e. The van der Waals surface area contributed by atoms with Gasteiger partial charge in [0.15, 0.2) is 0 Å². The fourth-order valence-electron chi connectivity index (χ4n) is 1.62. The molecule has 2 aromatic rings. The molecule has 3 nitrogen and oxygen atoms in total. The molecule has 2 rings (SSSR count). The van der Waals surface area contributed by atoms with E-state index in [4.69, 9.17) is 0 Å². The second-order valence-electron chi connectivity index (χ2n) is 4.04. The van der Waals surface area contributed by atoms with E-state index in [9.17, 15) is 0 Å². The summed E-state index contributed by atoms with van der Waals surface area (Å²) in [4.78, 5) is 12.3. The Hall–Kier alpha value is -0.940. The minimum Gasteiger partial charge on any atom is -0.339 e. The van der Waals surface area contributed by atoms with Gasteiger partial charge in [0.25, 0.3) is 0 Å². The third kappa shape index (κ3) is 3.26. The maximum absolute atomic E-state index is 4.44. The second kappa shape index (κ2) is 5.14. The van der Waals surface area contributed by atoms with E-state index in [0.29, 0.717) is 0 Å². The molecule has 0 atom stereocenters. The van der Waals surface area contributed by atoms with Crippen molar-refractivity contribution >= 4 is 33.2 Å². The molecule has 0 radical (unpaired) electrons. The quantitative estimate of drug-likeness (QED) is 0.868. The van der Waals surface area contributed by atoms with Gasteiger partial charge >= 0.3 is 0 Å². The van der Waals surface area contributed by atoms with Crippen LogP contribution in [0.25, 0.3) is 0 Å². The highest BCUT2D eigenvalue weighted by Crippen LogP contribution is 2.22. The first-order valence-electron chi connectivity index (χ1n) is 5.31. The van der Waals surface area contributed by atoms with E-state index in [0.717, 1.165) is 28.4 Å². The largest absolute Gasteiger partial charge is 0.339 e. The molecule has 0 saturated heterocycles. The number of hydrogen-bond donors (Lipinski definition) is 0. The molecule has 0 aliphatic carbocycles. The minimum atomic E-state index is 0.784. The molecular weight excluding hydrogens is 298 g/mol. The van der Waals surface area contributed by atoms with E-state index < -0.39 is 0 Å². The third-order valence-corrected chi connectivity index (χ3v) is 4.01. The molecule has 17 heavy (non-hydrogen) atoms. The predicted octanol–water partition coefficient (Wildman–Crippen LogP) is 3.55. The van der Waals surface area contributed by atoms with Crippen LogP contribution in [-0.2, 0) is 6.54 Å². The lowest BCUT2D eigenvalue weighted by Crippen LogP contribution is -2.19. The molecule has 0 aliphatic heterocycles. The number of aromatic nitrogens is 2. The van der Waals surface area contributed by atoms with Crippen LogP contribution in [0.15, 0.2) is 22.0 Å². The summed E-state index contributed by atoms with van der Waals surface area (Å²) in [6, 6.07) is 4.11. The minimum absolute atomic E-state index is 0.784. The molecule has 90 valence electrons. The van der Waals surface area contributed by atoms with Crippen molar-refractivity contribution in [3.63, 3.8) is 0 Å². The first kappa shape index (κ1) is 12.5. The van der Waals surface area contributed by atoms with Crippen LogP contribution < -0.4 is 4.90 Å². The average molecular weight is 312 g/mol. The molecule has 0 amide bonds. The average Bonchev–Trinajstić information content (AvgIpc) is 2.62. The lowest BCUT2D eigenvalue weighted by atomic mass is 10.3. The molecule has 0 saturated carbocycles. The van der Waals surface area contributed by atoms with E-state index >= 15 is 0 Å². The molecule has 2 heterocycles. The van der Waals surface area contributed by atoms with Crippen LogP contribution in [0.4, 0.5) is 5.95 Å². The summed E-state index contributed by atoms with van der Waals surface area (Å²) >= 11 is 5.20. The van der Waals surface area contributed by atoms with Gasteiger partial charge in [-0.05, 0) is 41.9 Å². The van der Waals surface area contributed by atoms with Crippen molar-refractivity contribution in [3.05, 3.63) is 38.3 Å². The van der Waals surface area contributed by atoms with Gasteiger partial charge in [-0.2, -0.15) is 0 Å². The molecule has 5 heteroatoms. The highest BCUT2D eigenvalue weighted by atomic mass is 79.9. The van der Waals surface area contributed by atoms with Crippen molar-refractivity contribution in [1.82, 2.24) is 9.97 Å². The Labute approximate surface area is 114 Å². The summed E-state index contributed by atoms with van der Waals surface area (Å²) in [6.07, 6.45) is 0. The van der Waals surface area contributed by atoms with Crippen LogP contribution in [0.3, 0.4) is 0 Å². The van der Waals surface area contributed by atoms with E-state index in [1.165, 1.54) is 4.88 Å². The summed E-state index contributed by atoms with van der Waals surface area (Å²) in [6.45, 7) is 4.82. The van der Waals surface area contributed by atoms with Crippen LogP contribution >= 0.6 is 27.3 Å². The lowest BCUT2D eigenvalue weighted by Gasteiger charge is -2.16. The third-order valence-electron chi connectivity index (χ3n) is 2.33. The molecule has 0 unspecified atom stereocenters. The van der Waals surface area contributed by atoms with E-state index in [1.807, 2.05) is 27.0 Å². The number of thiophene rings is 1. The van der Waals surface area contributed by atoms with Gasteiger partial charge in [-0.3, -0.25) is 0 Å². The predicted molar refractivity (Wildman–Crippen MR) is 75.6 cm³/mol. The fraction of sp³-hybridized carbons (Fsp3) is 0.333. The number of rotatable bonds is 3. The van der Waals surface area contributed by atoms with Crippen LogP contribution in [-0.4, -0.2) is 17.0 Å². The van der Waals surface area contributed by atoms with Gasteiger partial charge in [0.05, 0.1) is 6.54 Å². The summed E-state index contributed by atoms with van der Waals surface area (Å²) in [5.41, 5.74) is 2.01. The Morgan fingerprint density at radius 3 is 2.41 bits per heavy atom. The van der Waals surface area contributed by atoms with Gasteiger partial charge in [-0.15, -0.1) is 11.3 Å². The molecule has 0 fully saturated rings. The van der Waals surface area contributed by atoms with Crippen LogP contribution in [0, 0.1) is 13.8 Å². The van der Waals surface area contributed by atoms with Gasteiger partial charge < -0.3 is 4.90 Å². The van der Waals surface area contributed by atoms with E-state index in [2.05, 4.69) is 42.2 Å². The number of nitrogens with zero attached hydrogens (tertiary/aromatic N) is 3. The first-order chi connectivity index (χ1) is 8.04. The SMILES string of the molecule is Cc1cc(C)nc(N(C)Cc2cc(Br)cs2)n1. The van der Waals surface area contributed by atoms with Gasteiger partial charge in [0.2, 0.25) is 5.95 Å². The zero-order valence-corrected chi connectivity index (χ0v) is 12.5. The number of hydrogen-bond acceptors (Lipinski definition) is 4. The standard InChI is InChI=1S/C12H14BrN3S/c1-8-4-9(2)15-12(14-8)16(3)6-11-5-10(13)7-17-11/h4-5,7H,6H2,1-3H3. The molecular formula is C12H14BrN3S. The molecule has 0 spiro atoms. The normalized spacial score (nSPS) is 10.6. The summed E-state index contributed by atoms with van der Waals surface area (Å²) < 4.78 is 1.13. The topological polar surface area (TPSA) is 29.0 Å². The molecule has 0 aromatic carbocycles. The van der Waals surface area contributed by atoms with Crippen molar-refractivity contribution in [2.75, 3.05) is 11.9 Å². The van der Waals surface area contributed by atoms with Crippen molar-refractivity contribution < 1.29 is 0 Å². The van der Waals surface area contributed by atoms with Crippen molar-refractivity contribution in [1.29, 1.82) is 0 Å². The molecule has 0 N–H and O–H groups in total. The summed E-state index contributed by atoms with van der Waals surface area (Å²) in [7, 11) is 2.02. The molecule has 0 aliphatic rings. The van der Waals surface area contributed by atoms with Crippen molar-refractivity contribution in [2.45, 2.75) is 20.4 Å². The zero-order chi connectivity index (χ0) is 12.4. The fourth-order valence-corrected chi connectivity index (χ4v) is 3.12. The highest BCUT2D eigenvalue weighted by molar-refractivity contribution is 9.10. The van der Waals surface area contributed by atoms with E-state index in [1.54, 1.807) is 11.3 Å². The van der Waals surface area contributed by atoms with Crippen molar-refractivity contribution in [2.24, 2.45) is 0 Å². The monoisotopic (exact) mass is 311 g/mol. The summed E-state index contributed by atoms with van der Waals surface area (Å²) in [5, 5.41) is 2.09. The number of halogens is 1. The molecule has 2 aromatic heterocycles. The van der Waals surface area contributed by atoms with Gasteiger partial charge in [0.1, 0.15) is 0 Å². The smallest absolute Gasteiger partial charge is 0.225 e. The Kier molecular flexibility index (Phi) is 3.79. The van der Waals surface area contributed by atoms with Gasteiger partial charge in [-0.1, -0.05) is 0 Å². The Morgan fingerprint density at radius 1 is 1.24 bits per heavy atom. The van der Waals surface area contributed by atoms with Crippen LogP contribution in [0.5, 0.6) is 0 Å². The van der Waals surface area contributed by atoms with E-state index in [-0.39, 0.29) is 0 Å². The number of anilines is 1. The Balaban J connectivity index is 2.16. The van der Waals surface area contributed by atoms with Crippen LogP contribution in [0.2, 0.25) is 0 Å². The zero-order valence-electron chi connectivity index (χ0n) is 10.1. The van der Waals surface area contributed by atoms with Crippen LogP contribution in [0.1, 0.15) is 16.3 Å². The van der Waals surface area contributed by atoms with Gasteiger partial charge in [0, 0.05) is 33.2 Å². The first-order valence-corrected chi connectivity index (χ1v) is 6.98. The maximum atomic E-state index is 4.44. The Morgan fingerprint density at radius 2 is 1.88 bits per heavy atom. The van der Waals surface area contributed by atoms with Crippen molar-refractivity contribution in [3.8, 4) is 0 Å². The lowest BCUT2D eigenvalue weighted by molar-refractivity contribution is 0.861. The Bertz CT molecular complexity index is 504. The van der Waals surface area contributed by atoms with Gasteiger partial charge in [-0.25, -0.2) is 9.97 Å². The summed E-state index contributed by atoms with van der Waals surface area (Å²) in [5.74, 6) is 0.784. The highest BCUT2D eigenvalue weighted by Gasteiger charge is 2.08. The second-order valence-corrected chi connectivity index (χ2v) is 5.95. The number of aryl methyl sites for hydroxylation is 2. The molecule has 0 bridgehead atoms.